The molecular weight excluding hydrogens is 488 g/mol. The molecule has 0 atom stereocenters. The van der Waals surface area contributed by atoms with Gasteiger partial charge in [-0.05, 0) is 12.1 Å². The van der Waals surface area contributed by atoms with E-state index in [2.05, 4.69) is 25.9 Å². The normalized spacial score (nSPS) is 10.7. The molecule has 0 bridgehead atoms. The van der Waals surface area contributed by atoms with Gasteiger partial charge in [-0.2, -0.15) is 0 Å². The van der Waals surface area contributed by atoms with Crippen molar-refractivity contribution < 1.29 is 4.74 Å². The highest BCUT2D eigenvalue weighted by Crippen LogP contribution is 2.22. The number of anilines is 1. The molecule has 0 aliphatic rings. The molecular formula is C17H22Cl2IN5O. The lowest BCUT2D eigenvalue weighted by molar-refractivity contribution is 0.409. The Morgan fingerprint density at radius 3 is 2.65 bits per heavy atom. The van der Waals surface area contributed by atoms with Gasteiger partial charge in [-0.1, -0.05) is 41.4 Å². The fraction of sp³-hybridized carbons (Fsp3) is 0.294. The average Bonchev–Trinajstić information content (AvgIpc) is 2.62. The molecule has 0 saturated heterocycles. The zero-order valence-corrected chi connectivity index (χ0v) is 18.4. The molecule has 142 valence electrons. The Hall–Kier alpha value is -1.45. The second kappa shape index (κ2) is 12.0. The van der Waals surface area contributed by atoms with Crippen molar-refractivity contribution in [1.82, 2.24) is 15.6 Å². The largest absolute Gasteiger partial charge is 0.496 e. The highest BCUT2D eigenvalue weighted by Gasteiger charge is 2.04. The van der Waals surface area contributed by atoms with Crippen LogP contribution in [-0.4, -0.2) is 38.2 Å². The van der Waals surface area contributed by atoms with Gasteiger partial charge in [0.2, 0.25) is 0 Å². The van der Waals surface area contributed by atoms with Gasteiger partial charge in [-0.3, -0.25) is 4.99 Å². The van der Waals surface area contributed by atoms with Gasteiger partial charge in [0, 0.05) is 38.4 Å². The number of rotatable bonds is 7. The van der Waals surface area contributed by atoms with Crippen molar-refractivity contribution in [1.29, 1.82) is 0 Å². The van der Waals surface area contributed by atoms with Crippen LogP contribution >= 0.6 is 47.2 Å². The maximum Gasteiger partial charge on any atom is 0.191 e. The Morgan fingerprint density at radius 1 is 1.19 bits per heavy atom. The van der Waals surface area contributed by atoms with Gasteiger partial charge in [0.15, 0.2) is 5.96 Å². The van der Waals surface area contributed by atoms with Crippen LogP contribution in [0, 0.1) is 0 Å². The molecule has 2 rings (SSSR count). The smallest absolute Gasteiger partial charge is 0.191 e. The minimum absolute atomic E-state index is 0. The van der Waals surface area contributed by atoms with Crippen LogP contribution in [0.5, 0.6) is 5.75 Å². The first kappa shape index (κ1) is 22.6. The number of guanidine groups is 1. The number of aliphatic imine (C=N–C) groups is 1. The van der Waals surface area contributed by atoms with E-state index >= 15 is 0 Å². The van der Waals surface area contributed by atoms with Crippen molar-refractivity contribution >= 4 is 59.0 Å². The molecule has 0 amide bonds. The number of benzene rings is 1. The predicted octanol–water partition coefficient (Wildman–Crippen LogP) is 3.79. The maximum atomic E-state index is 6.07. The highest BCUT2D eigenvalue weighted by atomic mass is 127. The van der Waals surface area contributed by atoms with Crippen molar-refractivity contribution in [3.05, 3.63) is 52.1 Å². The van der Waals surface area contributed by atoms with Crippen LogP contribution in [0.2, 0.25) is 10.0 Å². The Balaban J connectivity index is 0.00000338. The van der Waals surface area contributed by atoms with Crippen LogP contribution in [-0.2, 0) is 6.54 Å². The second-order valence-electron chi connectivity index (χ2n) is 5.08. The molecule has 1 aromatic heterocycles. The van der Waals surface area contributed by atoms with E-state index in [0.29, 0.717) is 41.5 Å². The van der Waals surface area contributed by atoms with Crippen LogP contribution in [0.25, 0.3) is 0 Å². The van der Waals surface area contributed by atoms with Gasteiger partial charge in [0.05, 0.1) is 17.2 Å². The van der Waals surface area contributed by atoms with E-state index in [1.165, 1.54) is 0 Å². The zero-order valence-electron chi connectivity index (χ0n) is 14.6. The molecule has 0 aliphatic carbocycles. The van der Waals surface area contributed by atoms with E-state index in [4.69, 9.17) is 27.9 Å². The van der Waals surface area contributed by atoms with Crippen molar-refractivity contribution in [3.8, 4) is 5.75 Å². The summed E-state index contributed by atoms with van der Waals surface area (Å²) in [5, 5.41) is 10.6. The monoisotopic (exact) mass is 509 g/mol. The van der Waals surface area contributed by atoms with Gasteiger partial charge >= 0.3 is 0 Å². The topological polar surface area (TPSA) is 70.6 Å². The van der Waals surface area contributed by atoms with Gasteiger partial charge in [0.1, 0.15) is 11.6 Å². The molecule has 1 aromatic carbocycles. The summed E-state index contributed by atoms with van der Waals surface area (Å²) in [6, 6.07) is 9.51. The first-order valence-corrected chi connectivity index (χ1v) is 8.51. The molecule has 0 aliphatic heterocycles. The molecule has 3 N–H and O–H groups in total. The molecule has 0 radical (unpaired) electrons. The Labute approximate surface area is 180 Å². The maximum absolute atomic E-state index is 6.07. The van der Waals surface area contributed by atoms with Gasteiger partial charge in [-0.15, -0.1) is 24.0 Å². The fourth-order valence-electron chi connectivity index (χ4n) is 2.16. The summed E-state index contributed by atoms with van der Waals surface area (Å²) in [6.07, 6.45) is 1.55. The number of aromatic nitrogens is 1. The minimum Gasteiger partial charge on any atom is -0.496 e. The molecule has 0 fully saturated rings. The Morgan fingerprint density at radius 2 is 1.96 bits per heavy atom. The summed E-state index contributed by atoms with van der Waals surface area (Å²) in [7, 11) is 3.39. The molecule has 26 heavy (non-hydrogen) atoms. The molecule has 6 nitrogen and oxygen atoms in total. The summed E-state index contributed by atoms with van der Waals surface area (Å²) in [5.74, 6) is 2.14. The first-order valence-electron chi connectivity index (χ1n) is 7.75. The number of hydrogen-bond donors (Lipinski definition) is 3. The number of pyridine rings is 1. The van der Waals surface area contributed by atoms with Gasteiger partial charge in [0.25, 0.3) is 0 Å². The predicted molar refractivity (Wildman–Crippen MR) is 119 cm³/mol. The molecule has 0 saturated carbocycles. The van der Waals surface area contributed by atoms with Crippen molar-refractivity contribution in [2.24, 2.45) is 4.99 Å². The summed E-state index contributed by atoms with van der Waals surface area (Å²) < 4.78 is 5.34. The molecule has 2 aromatic rings. The Bertz CT molecular complexity index is 730. The average molecular weight is 510 g/mol. The number of halogens is 3. The van der Waals surface area contributed by atoms with Crippen molar-refractivity contribution in [2.45, 2.75) is 6.54 Å². The fourth-order valence-corrected chi connectivity index (χ4v) is 2.60. The van der Waals surface area contributed by atoms with Crippen LogP contribution in [0.15, 0.2) is 41.5 Å². The molecule has 1 heterocycles. The number of ether oxygens (including phenoxy) is 1. The summed E-state index contributed by atoms with van der Waals surface area (Å²) in [5.41, 5.74) is 1.06. The third-order valence-electron chi connectivity index (χ3n) is 3.38. The molecule has 0 spiro atoms. The Kier molecular flexibility index (Phi) is 10.5. The van der Waals surface area contributed by atoms with E-state index in [1.807, 2.05) is 24.3 Å². The highest BCUT2D eigenvalue weighted by molar-refractivity contribution is 14.0. The van der Waals surface area contributed by atoms with E-state index in [0.717, 1.165) is 11.3 Å². The van der Waals surface area contributed by atoms with E-state index in [9.17, 15) is 0 Å². The number of nitrogens with one attached hydrogen (secondary N) is 3. The first-order chi connectivity index (χ1) is 12.1. The van der Waals surface area contributed by atoms with E-state index in [-0.39, 0.29) is 24.0 Å². The number of methoxy groups -OCH3 is 1. The molecule has 9 heteroatoms. The van der Waals surface area contributed by atoms with Crippen molar-refractivity contribution in [2.75, 3.05) is 32.6 Å². The van der Waals surface area contributed by atoms with Crippen LogP contribution in [0.1, 0.15) is 5.56 Å². The lowest BCUT2D eigenvalue weighted by Gasteiger charge is -2.14. The third kappa shape index (κ3) is 7.05. The van der Waals surface area contributed by atoms with Gasteiger partial charge < -0.3 is 20.7 Å². The van der Waals surface area contributed by atoms with Crippen molar-refractivity contribution in [3.63, 3.8) is 0 Å². The summed E-state index contributed by atoms with van der Waals surface area (Å²) in [6.45, 7) is 1.89. The summed E-state index contributed by atoms with van der Waals surface area (Å²) >= 11 is 11.9. The van der Waals surface area contributed by atoms with Crippen LogP contribution in [0.4, 0.5) is 5.82 Å². The zero-order chi connectivity index (χ0) is 18.1. The quantitative estimate of drug-likeness (QED) is 0.229. The van der Waals surface area contributed by atoms with Crippen LogP contribution < -0.4 is 20.7 Å². The number of nitrogens with zero attached hydrogens (tertiary/aromatic N) is 2. The van der Waals surface area contributed by atoms with E-state index in [1.54, 1.807) is 26.4 Å². The lowest BCUT2D eigenvalue weighted by Crippen LogP contribution is -2.39. The van der Waals surface area contributed by atoms with Crippen LogP contribution in [0.3, 0.4) is 0 Å². The van der Waals surface area contributed by atoms with Gasteiger partial charge in [-0.25, -0.2) is 4.98 Å². The number of hydrogen-bond acceptors (Lipinski definition) is 4. The summed E-state index contributed by atoms with van der Waals surface area (Å²) in [4.78, 5) is 8.35. The lowest BCUT2D eigenvalue weighted by atomic mass is 10.2. The minimum atomic E-state index is 0. The molecule has 0 unspecified atom stereocenters. The standard InChI is InChI=1S/C17H21Cl2N5O.HI/c1-20-17(24-10-12-5-3-4-6-15(12)25-2)22-8-7-21-16-14(19)9-13(18)11-23-16;/h3-6,9,11H,7-8,10H2,1-2H3,(H,21,23)(H2,20,22,24);1H. The SMILES string of the molecule is CN=C(NCCNc1ncc(Cl)cc1Cl)NCc1ccccc1OC.I. The van der Waals surface area contributed by atoms with E-state index < -0.39 is 0 Å². The number of para-hydroxylation sites is 1. The third-order valence-corrected chi connectivity index (χ3v) is 3.87. The second-order valence-corrected chi connectivity index (χ2v) is 5.92.